The highest BCUT2D eigenvalue weighted by Gasteiger charge is 2.18. The second-order valence-corrected chi connectivity index (χ2v) is 7.22. The number of aromatic nitrogens is 1. The van der Waals surface area contributed by atoms with E-state index in [2.05, 4.69) is 21.1 Å². The number of carbonyl (C=O) groups excluding carboxylic acids is 3. The molecule has 1 atom stereocenters. The molecule has 0 bridgehead atoms. The molecule has 144 valence electrons. The summed E-state index contributed by atoms with van der Waals surface area (Å²) in [6.45, 7) is 5.22. The average Bonchev–Trinajstić information content (AvgIpc) is 3.04. The summed E-state index contributed by atoms with van der Waals surface area (Å²) in [5.74, 6) is 0.148. The lowest BCUT2D eigenvalue weighted by molar-refractivity contribution is -0.115. The van der Waals surface area contributed by atoms with Crippen molar-refractivity contribution >= 4 is 41.0 Å². The zero-order chi connectivity index (χ0) is 20.0. The van der Waals surface area contributed by atoms with Gasteiger partial charge in [0, 0.05) is 13.1 Å². The van der Waals surface area contributed by atoms with E-state index in [-0.39, 0.29) is 23.5 Å². The number of thioether (sulfide) groups is 1. The standard InChI is InChI=1S/C18H22N4O4S/c1-10-6-5-7-13(16(10)18(25)19-4)20-15(23)9-27-12(3)17(24)21-14-8-11(2)26-22-14/h5-8,12H,9H2,1-4H3,(H,19,25)(H,20,23)(H,21,22,24). The Balaban J connectivity index is 1.91. The van der Waals surface area contributed by atoms with Gasteiger partial charge in [-0.3, -0.25) is 14.4 Å². The van der Waals surface area contributed by atoms with Gasteiger partial charge in [0.25, 0.3) is 5.91 Å². The topological polar surface area (TPSA) is 113 Å². The zero-order valence-electron chi connectivity index (χ0n) is 15.6. The summed E-state index contributed by atoms with van der Waals surface area (Å²) in [6.07, 6.45) is 0. The lowest BCUT2D eigenvalue weighted by atomic mass is 10.1. The molecule has 2 aromatic rings. The Kier molecular flexibility index (Phi) is 7.00. The minimum atomic E-state index is -0.469. The Hall–Kier alpha value is -2.81. The molecule has 0 saturated heterocycles. The fraction of sp³-hybridized carbons (Fsp3) is 0.333. The maximum absolute atomic E-state index is 12.3. The molecule has 0 fully saturated rings. The van der Waals surface area contributed by atoms with Crippen LogP contribution < -0.4 is 16.0 Å². The zero-order valence-corrected chi connectivity index (χ0v) is 16.4. The van der Waals surface area contributed by atoms with Gasteiger partial charge in [-0.15, -0.1) is 11.8 Å². The van der Waals surface area contributed by atoms with Crippen LogP contribution in [-0.4, -0.2) is 40.9 Å². The minimum absolute atomic E-state index is 0.0631. The summed E-state index contributed by atoms with van der Waals surface area (Å²) in [5, 5.41) is 11.2. The number of aryl methyl sites for hydroxylation is 2. The summed E-state index contributed by atoms with van der Waals surface area (Å²) < 4.78 is 4.89. The smallest absolute Gasteiger partial charge is 0.253 e. The molecule has 1 aromatic heterocycles. The van der Waals surface area contributed by atoms with Crippen molar-refractivity contribution in [3.8, 4) is 0 Å². The van der Waals surface area contributed by atoms with Crippen LogP contribution in [0, 0.1) is 13.8 Å². The average molecular weight is 390 g/mol. The Morgan fingerprint density at radius 1 is 1.22 bits per heavy atom. The van der Waals surface area contributed by atoms with Crippen molar-refractivity contribution in [3.05, 3.63) is 41.2 Å². The van der Waals surface area contributed by atoms with Crippen LogP contribution in [0.1, 0.15) is 28.6 Å². The molecule has 3 N–H and O–H groups in total. The molecule has 0 aliphatic heterocycles. The van der Waals surface area contributed by atoms with Gasteiger partial charge in [0.15, 0.2) is 5.82 Å². The second-order valence-electron chi connectivity index (χ2n) is 5.89. The van der Waals surface area contributed by atoms with Crippen LogP contribution in [0.4, 0.5) is 11.5 Å². The molecule has 0 saturated carbocycles. The summed E-state index contributed by atoms with van der Waals surface area (Å²) in [7, 11) is 1.53. The Bertz CT molecular complexity index is 850. The van der Waals surface area contributed by atoms with Crippen molar-refractivity contribution in [3.63, 3.8) is 0 Å². The highest BCUT2D eigenvalue weighted by atomic mass is 32.2. The first-order chi connectivity index (χ1) is 12.8. The first kappa shape index (κ1) is 20.5. The number of hydrogen-bond donors (Lipinski definition) is 3. The minimum Gasteiger partial charge on any atom is -0.360 e. The Morgan fingerprint density at radius 2 is 1.96 bits per heavy atom. The monoisotopic (exact) mass is 390 g/mol. The molecule has 3 amide bonds. The highest BCUT2D eigenvalue weighted by molar-refractivity contribution is 8.01. The van der Waals surface area contributed by atoms with Gasteiger partial charge in [-0.1, -0.05) is 17.3 Å². The largest absolute Gasteiger partial charge is 0.360 e. The van der Waals surface area contributed by atoms with Crippen molar-refractivity contribution in [1.82, 2.24) is 10.5 Å². The highest BCUT2D eigenvalue weighted by Crippen LogP contribution is 2.20. The number of nitrogens with one attached hydrogen (secondary N) is 3. The summed E-state index contributed by atoms with van der Waals surface area (Å²) in [4.78, 5) is 36.4. The number of nitrogens with zero attached hydrogens (tertiary/aromatic N) is 1. The maximum atomic E-state index is 12.3. The van der Waals surface area contributed by atoms with Gasteiger partial charge >= 0.3 is 0 Å². The Labute approximate surface area is 161 Å². The van der Waals surface area contributed by atoms with Crippen molar-refractivity contribution in [2.75, 3.05) is 23.4 Å². The molecular formula is C18H22N4O4S. The van der Waals surface area contributed by atoms with Crippen LogP contribution in [-0.2, 0) is 9.59 Å². The van der Waals surface area contributed by atoms with E-state index >= 15 is 0 Å². The van der Waals surface area contributed by atoms with E-state index in [9.17, 15) is 14.4 Å². The van der Waals surface area contributed by atoms with Crippen LogP contribution >= 0.6 is 11.8 Å². The third-order valence-corrected chi connectivity index (χ3v) is 4.86. The molecule has 8 nitrogen and oxygen atoms in total. The molecule has 9 heteroatoms. The van der Waals surface area contributed by atoms with Gasteiger partial charge in [0.05, 0.1) is 22.3 Å². The number of hydrogen-bond acceptors (Lipinski definition) is 6. The summed E-state index contributed by atoms with van der Waals surface area (Å²) in [5.41, 5.74) is 1.62. The summed E-state index contributed by atoms with van der Waals surface area (Å²) in [6, 6.07) is 6.84. The molecule has 1 aromatic carbocycles. The van der Waals surface area contributed by atoms with E-state index < -0.39 is 5.25 Å². The number of benzene rings is 1. The Morgan fingerprint density at radius 3 is 2.59 bits per heavy atom. The number of rotatable bonds is 7. The van der Waals surface area contributed by atoms with Gasteiger partial charge in [0.2, 0.25) is 11.8 Å². The van der Waals surface area contributed by atoms with Gasteiger partial charge < -0.3 is 20.5 Å². The molecule has 27 heavy (non-hydrogen) atoms. The van der Waals surface area contributed by atoms with Crippen LogP contribution in [0.25, 0.3) is 0 Å². The molecule has 0 aliphatic rings. The quantitative estimate of drug-likeness (QED) is 0.669. The van der Waals surface area contributed by atoms with Crippen molar-refractivity contribution in [1.29, 1.82) is 0 Å². The second kappa shape index (κ2) is 9.22. The molecule has 2 rings (SSSR count). The van der Waals surface area contributed by atoms with E-state index in [1.165, 1.54) is 18.8 Å². The predicted molar refractivity (Wildman–Crippen MR) is 105 cm³/mol. The van der Waals surface area contributed by atoms with Crippen LogP contribution in [0.5, 0.6) is 0 Å². The molecule has 1 heterocycles. The lowest BCUT2D eigenvalue weighted by Crippen LogP contribution is -2.26. The van der Waals surface area contributed by atoms with Crippen molar-refractivity contribution in [2.45, 2.75) is 26.0 Å². The van der Waals surface area contributed by atoms with E-state index in [1.54, 1.807) is 45.0 Å². The maximum Gasteiger partial charge on any atom is 0.253 e. The van der Waals surface area contributed by atoms with E-state index in [0.29, 0.717) is 22.8 Å². The molecule has 0 radical (unpaired) electrons. The van der Waals surface area contributed by atoms with E-state index in [1.807, 2.05) is 0 Å². The van der Waals surface area contributed by atoms with Gasteiger partial charge in [-0.05, 0) is 32.4 Å². The van der Waals surface area contributed by atoms with Crippen molar-refractivity contribution < 1.29 is 18.9 Å². The van der Waals surface area contributed by atoms with E-state index in [0.717, 1.165) is 5.56 Å². The lowest BCUT2D eigenvalue weighted by Gasteiger charge is -2.14. The number of amides is 3. The SMILES string of the molecule is CNC(=O)c1c(C)cccc1NC(=O)CSC(C)C(=O)Nc1cc(C)on1. The first-order valence-electron chi connectivity index (χ1n) is 8.29. The fourth-order valence-corrected chi connectivity index (χ4v) is 3.00. The molecule has 0 aliphatic carbocycles. The predicted octanol–water partition coefficient (Wildman–Crippen LogP) is 2.35. The summed E-state index contributed by atoms with van der Waals surface area (Å²) >= 11 is 1.18. The number of anilines is 2. The molecule has 1 unspecified atom stereocenters. The van der Waals surface area contributed by atoms with E-state index in [4.69, 9.17) is 4.52 Å². The third-order valence-electron chi connectivity index (χ3n) is 3.71. The van der Waals surface area contributed by atoms with Gasteiger partial charge in [-0.2, -0.15) is 0 Å². The van der Waals surface area contributed by atoms with Crippen LogP contribution in [0.3, 0.4) is 0 Å². The van der Waals surface area contributed by atoms with Crippen molar-refractivity contribution in [2.24, 2.45) is 0 Å². The van der Waals surface area contributed by atoms with Crippen LogP contribution in [0.15, 0.2) is 28.8 Å². The normalized spacial score (nSPS) is 11.6. The van der Waals surface area contributed by atoms with Crippen LogP contribution in [0.2, 0.25) is 0 Å². The number of carbonyl (C=O) groups is 3. The molecular weight excluding hydrogens is 368 g/mol. The fourth-order valence-electron chi connectivity index (χ4n) is 2.31. The molecule has 0 spiro atoms. The van der Waals surface area contributed by atoms with Gasteiger partial charge in [-0.25, -0.2) is 0 Å². The first-order valence-corrected chi connectivity index (χ1v) is 9.34. The van der Waals surface area contributed by atoms with Gasteiger partial charge in [0.1, 0.15) is 5.76 Å². The third kappa shape index (κ3) is 5.58.